The minimum Gasteiger partial charge on any atom is -0.497 e. The molecule has 1 aromatic heterocycles. The second-order valence-corrected chi connectivity index (χ2v) is 7.71. The quantitative estimate of drug-likeness (QED) is 0.477. The van der Waals surface area contributed by atoms with Gasteiger partial charge in [-0.3, -0.25) is 4.79 Å². The molecule has 5 nitrogen and oxygen atoms in total. The Morgan fingerprint density at radius 3 is 2.24 bits per heavy atom. The van der Waals surface area contributed by atoms with Crippen molar-refractivity contribution in [3.05, 3.63) is 69.1 Å². The van der Waals surface area contributed by atoms with Crippen molar-refractivity contribution in [3.63, 3.8) is 0 Å². The molecule has 0 saturated carbocycles. The van der Waals surface area contributed by atoms with Crippen LogP contribution in [0.15, 0.2) is 48.5 Å². The van der Waals surface area contributed by atoms with Gasteiger partial charge in [-0.15, -0.1) is 0 Å². The molecule has 0 fully saturated rings. The minimum atomic E-state index is -4.65. The Morgan fingerprint density at radius 1 is 1.03 bits per heavy atom. The number of halogens is 4. The van der Waals surface area contributed by atoms with Gasteiger partial charge < -0.3 is 9.64 Å². The number of ether oxygens (including phenoxy) is 1. The van der Waals surface area contributed by atoms with Crippen molar-refractivity contribution in [1.82, 2.24) is 9.78 Å². The molecular weight excluding hydrogens is 498 g/mol. The molecule has 4 rings (SSSR count). The number of methoxy groups -OCH3 is 1. The van der Waals surface area contributed by atoms with Crippen LogP contribution in [0.1, 0.15) is 21.7 Å². The lowest BCUT2D eigenvalue weighted by atomic mass is 10.0. The number of nitrogens with zero attached hydrogens (tertiary/aromatic N) is 3. The van der Waals surface area contributed by atoms with Crippen LogP contribution in [-0.4, -0.2) is 29.3 Å². The van der Waals surface area contributed by atoms with E-state index in [1.807, 2.05) is 12.1 Å². The molecule has 0 aliphatic carbocycles. The fourth-order valence-electron chi connectivity index (χ4n) is 3.37. The largest absolute Gasteiger partial charge is 0.497 e. The van der Waals surface area contributed by atoms with Gasteiger partial charge in [-0.25, -0.2) is 4.68 Å². The summed E-state index contributed by atoms with van der Waals surface area (Å²) >= 11 is 2.15. The van der Waals surface area contributed by atoms with E-state index in [9.17, 15) is 18.0 Å². The van der Waals surface area contributed by atoms with Gasteiger partial charge in [0.15, 0.2) is 5.69 Å². The molecule has 0 radical (unpaired) electrons. The number of benzene rings is 2. The zero-order valence-corrected chi connectivity index (χ0v) is 17.4. The molecular formula is C20H15F3IN3O2. The lowest BCUT2D eigenvalue weighted by Gasteiger charge is -2.28. The maximum Gasteiger partial charge on any atom is 0.435 e. The number of alkyl halides is 3. The number of aromatic nitrogens is 2. The van der Waals surface area contributed by atoms with Crippen LogP contribution in [0.3, 0.4) is 0 Å². The highest BCUT2D eigenvalue weighted by atomic mass is 127. The first kappa shape index (κ1) is 19.7. The van der Waals surface area contributed by atoms with Crippen LogP contribution in [0.2, 0.25) is 0 Å². The molecule has 3 aromatic rings. The van der Waals surface area contributed by atoms with Crippen molar-refractivity contribution >= 4 is 34.2 Å². The van der Waals surface area contributed by atoms with Crippen molar-refractivity contribution < 1.29 is 22.7 Å². The summed E-state index contributed by atoms with van der Waals surface area (Å²) in [4.78, 5) is 14.7. The van der Waals surface area contributed by atoms with Crippen molar-refractivity contribution in [2.24, 2.45) is 0 Å². The van der Waals surface area contributed by atoms with Gasteiger partial charge in [-0.1, -0.05) is 0 Å². The first-order valence-corrected chi connectivity index (χ1v) is 9.78. The summed E-state index contributed by atoms with van der Waals surface area (Å²) in [6, 6.07) is 13.6. The molecule has 2 heterocycles. The van der Waals surface area contributed by atoms with Crippen molar-refractivity contribution in [1.29, 1.82) is 0 Å². The zero-order valence-electron chi connectivity index (χ0n) is 15.2. The van der Waals surface area contributed by atoms with E-state index in [-0.39, 0.29) is 24.2 Å². The number of carbonyl (C=O) groups excluding carboxylic acids is 1. The van der Waals surface area contributed by atoms with Gasteiger partial charge in [0, 0.05) is 21.4 Å². The summed E-state index contributed by atoms with van der Waals surface area (Å²) < 4.78 is 48.0. The maximum absolute atomic E-state index is 13.6. The van der Waals surface area contributed by atoms with Crippen LogP contribution in [0.25, 0.3) is 5.69 Å². The first-order valence-electron chi connectivity index (χ1n) is 8.70. The molecule has 0 saturated heterocycles. The smallest absolute Gasteiger partial charge is 0.435 e. The monoisotopic (exact) mass is 513 g/mol. The average Bonchev–Trinajstić information content (AvgIpc) is 3.10. The summed E-state index contributed by atoms with van der Waals surface area (Å²) in [5.74, 6) is 0.0453. The predicted octanol–water partition coefficient (Wildman–Crippen LogP) is 4.71. The second kappa shape index (κ2) is 7.36. The Bertz CT molecular complexity index is 1060. The summed E-state index contributed by atoms with van der Waals surface area (Å²) in [6.07, 6.45) is -4.58. The highest BCUT2D eigenvalue weighted by Gasteiger charge is 2.43. The second-order valence-electron chi connectivity index (χ2n) is 6.47. The molecule has 0 unspecified atom stereocenters. The van der Waals surface area contributed by atoms with E-state index >= 15 is 0 Å². The summed E-state index contributed by atoms with van der Waals surface area (Å²) in [7, 11) is 1.50. The molecule has 0 bridgehead atoms. The van der Waals surface area contributed by atoms with E-state index in [0.29, 0.717) is 17.1 Å². The number of fused-ring (bicyclic) bond motifs is 1. The Hall–Kier alpha value is -2.56. The molecule has 2 aromatic carbocycles. The number of hydrogen-bond acceptors (Lipinski definition) is 3. The molecule has 9 heteroatoms. The number of rotatable bonds is 3. The summed E-state index contributed by atoms with van der Waals surface area (Å²) in [5, 5.41) is 3.78. The average molecular weight is 513 g/mol. The van der Waals surface area contributed by atoms with Gasteiger partial charge in [-0.05, 0) is 77.5 Å². The Morgan fingerprint density at radius 2 is 1.66 bits per heavy atom. The van der Waals surface area contributed by atoms with E-state index in [4.69, 9.17) is 4.74 Å². The van der Waals surface area contributed by atoms with Crippen molar-refractivity contribution in [2.45, 2.75) is 12.6 Å². The first-order chi connectivity index (χ1) is 13.8. The minimum absolute atomic E-state index is 0.0627. The van der Waals surface area contributed by atoms with E-state index < -0.39 is 17.8 Å². The van der Waals surface area contributed by atoms with Gasteiger partial charge >= 0.3 is 6.18 Å². The van der Waals surface area contributed by atoms with Gasteiger partial charge in [0.05, 0.1) is 12.8 Å². The molecule has 0 atom stereocenters. The van der Waals surface area contributed by atoms with Crippen LogP contribution in [0.5, 0.6) is 5.75 Å². The highest BCUT2D eigenvalue weighted by molar-refractivity contribution is 14.1. The zero-order chi connectivity index (χ0) is 20.8. The third-order valence-corrected chi connectivity index (χ3v) is 5.46. The SMILES string of the molecule is COc1ccc(-n2nc(C(F)(F)F)c3c2C(=O)N(c2ccc(I)cc2)CC3)cc1. The fourth-order valence-corrected chi connectivity index (χ4v) is 3.72. The third-order valence-electron chi connectivity index (χ3n) is 4.74. The molecule has 29 heavy (non-hydrogen) atoms. The lowest BCUT2D eigenvalue weighted by Crippen LogP contribution is -2.39. The van der Waals surface area contributed by atoms with Crippen molar-refractivity contribution in [2.75, 3.05) is 18.6 Å². The number of hydrogen-bond donors (Lipinski definition) is 0. The van der Waals surface area contributed by atoms with Crippen LogP contribution in [0.4, 0.5) is 18.9 Å². The lowest BCUT2D eigenvalue weighted by molar-refractivity contribution is -0.141. The maximum atomic E-state index is 13.6. The number of amides is 1. The Balaban J connectivity index is 1.85. The van der Waals surface area contributed by atoms with Crippen LogP contribution in [0, 0.1) is 3.57 Å². The van der Waals surface area contributed by atoms with Crippen LogP contribution < -0.4 is 9.64 Å². The van der Waals surface area contributed by atoms with E-state index in [1.165, 1.54) is 12.0 Å². The van der Waals surface area contributed by atoms with Gasteiger partial charge in [0.2, 0.25) is 0 Å². The molecule has 1 aliphatic rings. The van der Waals surface area contributed by atoms with Crippen LogP contribution >= 0.6 is 22.6 Å². The van der Waals surface area contributed by atoms with Crippen LogP contribution in [-0.2, 0) is 12.6 Å². The Kier molecular flexibility index (Phi) is 5.01. The predicted molar refractivity (Wildman–Crippen MR) is 110 cm³/mol. The van der Waals surface area contributed by atoms with E-state index in [2.05, 4.69) is 27.7 Å². The third kappa shape index (κ3) is 3.59. The fraction of sp³-hybridized carbons (Fsp3) is 0.200. The van der Waals surface area contributed by atoms with E-state index in [1.54, 1.807) is 36.4 Å². The van der Waals surface area contributed by atoms with Gasteiger partial charge in [-0.2, -0.15) is 18.3 Å². The highest BCUT2D eigenvalue weighted by Crippen LogP contribution is 2.37. The molecule has 1 aliphatic heterocycles. The Labute approximate surface area is 178 Å². The number of anilines is 1. The molecule has 1 amide bonds. The van der Waals surface area contributed by atoms with Gasteiger partial charge in [0.25, 0.3) is 5.91 Å². The normalized spacial score (nSPS) is 14.1. The number of carbonyl (C=O) groups is 1. The standard InChI is InChI=1S/C20H15F3IN3O2/c1-29-15-8-6-14(7-9-15)27-17-16(18(25-27)20(21,22)23)10-11-26(19(17)28)13-4-2-12(24)3-5-13/h2-9H,10-11H2,1H3. The van der Waals surface area contributed by atoms with Gasteiger partial charge in [0.1, 0.15) is 11.4 Å². The van der Waals surface area contributed by atoms with Crippen molar-refractivity contribution in [3.8, 4) is 11.4 Å². The topological polar surface area (TPSA) is 47.4 Å². The summed E-state index contributed by atoms with van der Waals surface area (Å²) in [5.41, 5.74) is -0.154. The molecule has 0 spiro atoms. The molecule has 0 N–H and O–H groups in total. The van der Waals surface area contributed by atoms with E-state index in [0.717, 1.165) is 8.25 Å². The summed E-state index contributed by atoms with van der Waals surface area (Å²) in [6.45, 7) is 0.157. The molecule has 150 valence electrons.